The summed E-state index contributed by atoms with van der Waals surface area (Å²) in [5.41, 5.74) is 6.60. The van der Waals surface area contributed by atoms with E-state index in [9.17, 15) is 9.59 Å². The molecule has 1 aromatic carbocycles. The van der Waals surface area contributed by atoms with E-state index in [4.69, 9.17) is 5.73 Å². The van der Waals surface area contributed by atoms with Crippen LogP contribution in [0.2, 0.25) is 0 Å². The molecule has 9 heteroatoms. The molecule has 110 valence electrons. The average molecular weight is 297 g/mol. The van der Waals surface area contributed by atoms with Crippen molar-refractivity contribution in [2.24, 2.45) is 10.2 Å². The number of anilines is 1. The Kier molecular flexibility index (Phi) is 3.22. The normalized spacial score (nSPS) is 11.3. The average Bonchev–Trinajstić information content (AvgIpc) is 2.89. The number of nitrogen functional groups attached to an aromatic ring is 1. The highest BCUT2D eigenvalue weighted by Crippen LogP contribution is 2.13. The number of imidazole rings is 1. The van der Waals surface area contributed by atoms with Gasteiger partial charge in [0, 0.05) is 5.56 Å². The van der Waals surface area contributed by atoms with Crippen molar-refractivity contribution in [2.75, 3.05) is 5.73 Å². The molecule has 0 radical (unpaired) electrons. The Morgan fingerprint density at radius 1 is 1.18 bits per heavy atom. The molecule has 4 N–H and O–H groups in total. The first kappa shape index (κ1) is 13.6. The number of azo groups is 1. The van der Waals surface area contributed by atoms with E-state index in [2.05, 4.69) is 30.2 Å². The summed E-state index contributed by atoms with van der Waals surface area (Å²) >= 11 is 0. The molecule has 22 heavy (non-hydrogen) atoms. The van der Waals surface area contributed by atoms with Crippen molar-refractivity contribution >= 4 is 29.0 Å². The van der Waals surface area contributed by atoms with Gasteiger partial charge in [0.15, 0.2) is 11.2 Å². The van der Waals surface area contributed by atoms with E-state index in [0.29, 0.717) is 5.56 Å². The minimum Gasteiger partial charge on any atom is -0.369 e. The molecule has 3 aromatic rings. The molecule has 0 unspecified atom stereocenters. The number of hydrogen-bond acceptors (Lipinski definition) is 6. The summed E-state index contributed by atoms with van der Waals surface area (Å²) in [6, 6.07) is 6.91. The van der Waals surface area contributed by atoms with Crippen LogP contribution in [0.25, 0.3) is 11.2 Å². The summed E-state index contributed by atoms with van der Waals surface area (Å²) in [6.45, 7) is 1.92. The molecule has 0 fully saturated rings. The van der Waals surface area contributed by atoms with Crippen LogP contribution in [0.15, 0.2) is 39.3 Å². The third kappa shape index (κ3) is 2.59. The van der Waals surface area contributed by atoms with Crippen LogP contribution < -0.4 is 11.3 Å². The van der Waals surface area contributed by atoms with Crippen LogP contribution in [-0.4, -0.2) is 25.8 Å². The van der Waals surface area contributed by atoms with E-state index in [0.717, 1.165) is 5.56 Å². The monoisotopic (exact) mass is 297 g/mol. The number of hydrogen-bond donors (Lipinski definition) is 3. The highest BCUT2D eigenvalue weighted by molar-refractivity contribution is 5.94. The number of nitrogens with two attached hydrogens (primary N) is 1. The number of carbonyl (C=O) groups excluding carboxylic acids is 1. The van der Waals surface area contributed by atoms with E-state index in [-0.39, 0.29) is 23.1 Å². The fraction of sp³-hybridized carbons (Fsp3) is 0.0769. The second kappa shape index (κ2) is 5.20. The molecular weight excluding hydrogens is 286 g/mol. The zero-order chi connectivity index (χ0) is 15.7. The first-order valence-corrected chi connectivity index (χ1v) is 6.31. The highest BCUT2D eigenvalue weighted by Gasteiger charge is 2.09. The highest BCUT2D eigenvalue weighted by atomic mass is 16.1. The smallest absolute Gasteiger partial charge is 0.295 e. The van der Waals surface area contributed by atoms with Gasteiger partial charge in [0.05, 0.1) is 0 Å². The van der Waals surface area contributed by atoms with E-state index in [1.165, 1.54) is 0 Å². The number of aryl methyl sites for hydroxylation is 1. The van der Waals surface area contributed by atoms with Gasteiger partial charge in [-0.1, -0.05) is 17.7 Å². The van der Waals surface area contributed by atoms with Crippen molar-refractivity contribution in [1.82, 2.24) is 19.9 Å². The van der Waals surface area contributed by atoms with Crippen LogP contribution >= 0.6 is 0 Å². The van der Waals surface area contributed by atoms with E-state index < -0.39 is 11.5 Å². The number of nitrogens with zero attached hydrogens (tertiary/aromatic N) is 4. The standard InChI is InChI=1S/C13H11N7O2/c1-6-2-4-7(5-3-6)10(21)19-20-13-15-8-9(17-13)16-12(14)18-11(8)22/h2-5H,1H3,(H4,14,15,16,17,18,22)/b20-19+. The van der Waals surface area contributed by atoms with Crippen molar-refractivity contribution in [1.29, 1.82) is 0 Å². The Hall–Kier alpha value is -3.36. The van der Waals surface area contributed by atoms with Crippen LogP contribution in [-0.2, 0) is 0 Å². The third-order valence-electron chi connectivity index (χ3n) is 2.90. The second-order valence-corrected chi connectivity index (χ2v) is 4.58. The molecule has 0 aliphatic rings. The number of H-pyrrole nitrogens is 2. The largest absolute Gasteiger partial charge is 0.369 e. The number of rotatable bonds is 2. The molecule has 0 atom stereocenters. The number of amides is 1. The van der Waals surface area contributed by atoms with Crippen molar-refractivity contribution in [3.8, 4) is 0 Å². The maximum atomic E-state index is 11.9. The van der Waals surface area contributed by atoms with Crippen LogP contribution in [0, 0.1) is 6.92 Å². The fourth-order valence-corrected chi connectivity index (χ4v) is 1.81. The van der Waals surface area contributed by atoms with Gasteiger partial charge >= 0.3 is 0 Å². The molecule has 9 nitrogen and oxygen atoms in total. The lowest BCUT2D eigenvalue weighted by Crippen LogP contribution is -2.10. The summed E-state index contributed by atoms with van der Waals surface area (Å²) in [6.07, 6.45) is 0. The predicted octanol–water partition coefficient (Wildman–Crippen LogP) is 1.46. The topological polar surface area (TPSA) is 142 Å². The molecule has 0 aliphatic heterocycles. The molecular formula is C13H11N7O2. The maximum absolute atomic E-state index is 11.9. The number of fused-ring (bicyclic) bond motifs is 1. The molecule has 0 bridgehead atoms. The lowest BCUT2D eigenvalue weighted by atomic mass is 10.1. The minimum absolute atomic E-state index is 0.000869. The van der Waals surface area contributed by atoms with E-state index in [1.54, 1.807) is 24.3 Å². The number of nitrogens with one attached hydrogen (secondary N) is 2. The summed E-state index contributed by atoms with van der Waals surface area (Å²) in [5, 5.41) is 7.25. The van der Waals surface area contributed by atoms with Gasteiger partial charge in [0.1, 0.15) is 0 Å². The van der Waals surface area contributed by atoms with Gasteiger partial charge in [-0.2, -0.15) is 4.98 Å². The number of aromatic amines is 2. The molecule has 0 spiro atoms. The number of benzene rings is 1. The fourth-order valence-electron chi connectivity index (χ4n) is 1.81. The van der Waals surface area contributed by atoms with Crippen LogP contribution in [0.5, 0.6) is 0 Å². The third-order valence-corrected chi connectivity index (χ3v) is 2.90. The summed E-state index contributed by atoms with van der Waals surface area (Å²) < 4.78 is 0. The van der Waals surface area contributed by atoms with Gasteiger partial charge in [-0.05, 0) is 19.1 Å². The summed E-state index contributed by atoms with van der Waals surface area (Å²) in [5.74, 6) is -0.554. The van der Waals surface area contributed by atoms with Crippen molar-refractivity contribution in [3.63, 3.8) is 0 Å². The lowest BCUT2D eigenvalue weighted by Gasteiger charge is -1.94. The molecule has 0 saturated heterocycles. The number of carbonyl (C=O) groups is 1. The Morgan fingerprint density at radius 3 is 2.64 bits per heavy atom. The van der Waals surface area contributed by atoms with Gasteiger partial charge < -0.3 is 10.7 Å². The summed E-state index contributed by atoms with van der Waals surface area (Å²) in [7, 11) is 0. The predicted molar refractivity (Wildman–Crippen MR) is 78.9 cm³/mol. The zero-order valence-electron chi connectivity index (χ0n) is 11.5. The van der Waals surface area contributed by atoms with Crippen LogP contribution in [0.3, 0.4) is 0 Å². The van der Waals surface area contributed by atoms with Crippen molar-refractivity contribution < 1.29 is 4.79 Å². The van der Waals surface area contributed by atoms with Crippen LogP contribution in [0.4, 0.5) is 11.9 Å². The molecule has 0 saturated carbocycles. The molecule has 1 amide bonds. The van der Waals surface area contributed by atoms with E-state index in [1.807, 2.05) is 6.92 Å². The van der Waals surface area contributed by atoms with Gasteiger partial charge in [-0.25, -0.2) is 4.98 Å². The Labute approximate surface area is 123 Å². The van der Waals surface area contributed by atoms with E-state index >= 15 is 0 Å². The van der Waals surface area contributed by atoms with Crippen molar-refractivity contribution in [2.45, 2.75) is 6.92 Å². The van der Waals surface area contributed by atoms with Gasteiger partial charge in [0.2, 0.25) is 11.9 Å². The quantitative estimate of drug-likeness (QED) is 0.614. The van der Waals surface area contributed by atoms with Gasteiger partial charge in [0.25, 0.3) is 11.5 Å². The first-order valence-electron chi connectivity index (χ1n) is 6.31. The molecule has 2 heterocycles. The van der Waals surface area contributed by atoms with Gasteiger partial charge in [-0.3, -0.25) is 14.6 Å². The first-order chi connectivity index (χ1) is 10.5. The van der Waals surface area contributed by atoms with Crippen LogP contribution in [0.1, 0.15) is 15.9 Å². The molecule has 0 aliphatic carbocycles. The van der Waals surface area contributed by atoms with Crippen molar-refractivity contribution in [3.05, 3.63) is 45.7 Å². The Morgan fingerprint density at radius 2 is 1.91 bits per heavy atom. The van der Waals surface area contributed by atoms with Gasteiger partial charge in [-0.15, -0.1) is 10.2 Å². The minimum atomic E-state index is -0.512. The molecule has 2 aromatic heterocycles. The SMILES string of the molecule is Cc1ccc(C(=O)/N=N/c2nc3c(=O)[nH]c(N)nc3[nH]2)cc1. The lowest BCUT2D eigenvalue weighted by molar-refractivity contribution is 0.0995. The maximum Gasteiger partial charge on any atom is 0.295 e. The summed E-state index contributed by atoms with van der Waals surface area (Å²) in [4.78, 5) is 36.2. The zero-order valence-corrected chi connectivity index (χ0v) is 11.5. The second-order valence-electron chi connectivity index (χ2n) is 4.58. The number of aromatic nitrogens is 4. The Balaban J connectivity index is 1.89. The Bertz CT molecular complexity index is 937. The molecule has 3 rings (SSSR count).